The van der Waals surface area contributed by atoms with Crippen molar-refractivity contribution in [3.63, 3.8) is 0 Å². The lowest BCUT2D eigenvalue weighted by molar-refractivity contribution is -0.384. The Balaban J connectivity index is 1.66. The van der Waals surface area contributed by atoms with Crippen LogP contribution in [0.15, 0.2) is 54.6 Å². The van der Waals surface area contributed by atoms with Gasteiger partial charge in [0.25, 0.3) is 5.69 Å². The van der Waals surface area contributed by atoms with E-state index in [1.165, 1.54) is 12.1 Å². The van der Waals surface area contributed by atoms with Crippen LogP contribution in [0.4, 0.5) is 11.4 Å². The number of amides is 1. The number of hydrogen-bond donors (Lipinski definition) is 1. The average molecular weight is 282 g/mol. The largest absolute Gasteiger partial charge is 0.326 e. The molecule has 2 aromatic carbocycles. The zero-order chi connectivity index (χ0) is 14.8. The molecule has 1 aliphatic carbocycles. The first-order valence-electron chi connectivity index (χ1n) is 6.75. The SMILES string of the molecule is O=C(Nc1cccc([N+](=O)[O-])c1)[C@@H]1C[C@@H]1c1ccccc1. The lowest BCUT2D eigenvalue weighted by atomic mass is 10.1. The summed E-state index contributed by atoms with van der Waals surface area (Å²) in [4.78, 5) is 22.4. The van der Waals surface area contributed by atoms with Gasteiger partial charge in [-0.1, -0.05) is 36.4 Å². The molecule has 0 aliphatic heterocycles. The summed E-state index contributed by atoms with van der Waals surface area (Å²) in [5.41, 5.74) is 1.60. The average Bonchev–Trinajstić information content (AvgIpc) is 3.29. The highest BCUT2D eigenvalue weighted by atomic mass is 16.6. The first-order chi connectivity index (χ1) is 10.1. The van der Waals surface area contributed by atoms with E-state index in [9.17, 15) is 14.9 Å². The number of rotatable bonds is 4. The van der Waals surface area contributed by atoms with Crippen molar-refractivity contribution < 1.29 is 9.72 Å². The number of nitrogens with one attached hydrogen (secondary N) is 1. The smallest absolute Gasteiger partial charge is 0.271 e. The second kappa shape index (κ2) is 5.36. The highest BCUT2D eigenvalue weighted by molar-refractivity contribution is 5.95. The number of non-ortho nitro benzene ring substituents is 1. The standard InChI is InChI=1S/C16H14N2O3/c19-16(15-10-14(15)11-5-2-1-3-6-11)17-12-7-4-8-13(9-12)18(20)21/h1-9,14-15H,10H2,(H,17,19)/t14-,15-/m1/s1. The molecule has 5 nitrogen and oxygen atoms in total. The molecule has 1 amide bonds. The molecule has 1 saturated carbocycles. The topological polar surface area (TPSA) is 72.2 Å². The Morgan fingerprint density at radius 1 is 1.14 bits per heavy atom. The number of nitrogens with zero attached hydrogens (tertiary/aromatic N) is 1. The van der Waals surface area contributed by atoms with E-state index in [4.69, 9.17) is 0 Å². The molecule has 106 valence electrons. The lowest BCUT2D eigenvalue weighted by Gasteiger charge is -2.05. The fraction of sp³-hybridized carbons (Fsp3) is 0.188. The van der Waals surface area contributed by atoms with Crippen molar-refractivity contribution >= 4 is 17.3 Å². The molecule has 1 fully saturated rings. The minimum atomic E-state index is -0.473. The van der Waals surface area contributed by atoms with Crippen molar-refractivity contribution in [3.8, 4) is 0 Å². The molecule has 21 heavy (non-hydrogen) atoms. The molecule has 5 heteroatoms. The van der Waals surface area contributed by atoms with Gasteiger partial charge in [-0.25, -0.2) is 0 Å². The number of carbonyl (C=O) groups excluding carboxylic acids is 1. The van der Waals surface area contributed by atoms with Crippen molar-refractivity contribution in [2.45, 2.75) is 12.3 Å². The van der Waals surface area contributed by atoms with Gasteiger partial charge < -0.3 is 5.32 Å². The Bertz CT molecular complexity index is 685. The predicted octanol–water partition coefficient (Wildman–Crippen LogP) is 3.34. The van der Waals surface area contributed by atoms with E-state index < -0.39 is 4.92 Å². The van der Waals surface area contributed by atoms with Crippen molar-refractivity contribution in [2.75, 3.05) is 5.32 Å². The van der Waals surface area contributed by atoms with Gasteiger partial charge in [0.2, 0.25) is 5.91 Å². The van der Waals surface area contributed by atoms with Gasteiger partial charge in [0, 0.05) is 23.7 Å². The summed E-state index contributed by atoms with van der Waals surface area (Å²) in [6.07, 6.45) is 0.824. The van der Waals surface area contributed by atoms with Gasteiger partial charge in [0.1, 0.15) is 0 Å². The van der Waals surface area contributed by atoms with Crippen molar-refractivity contribution in [1.82, 2.24) is 0 Å². The van der Waals surface area contributed by atoms with Crippen molar-refractivity contribution in [1.29, 1.82) is 0 Å². The summed E-state index contributed by atoms with van der Waals surface area (Å²) < 4.78 is 0. The van der Waals surface area contributed by atoms with Crippen LogP contribution in [0.3, 0.4) is 0 Å². The number of hydrogen-bond acceptors (Lipinski definition) is 3. The van der Waals surface area contributed by atoms with Gasteiger partial charge in [0.15, 0.2) is 0 Å². The van der Waals surface area contributed by atoms with E-state index in [1.807, 2.05) is 30.3 Å². The summed E-state index contributed by atoms with van der Waals surface area (Å²) in [5, 5.41) is 13.5. The van der Waals surface area contributed by atoms with E-state index >= 15 is 0 Å². The Labute approximate surface area is 121 Å². The zero-order valence-electron chi connectivity index (χ0n) is 11.2. The Kier molecular flexibility index (Phi) is 3.39. The molecule has 0 radical (unpaired) electrons. The second-order valence-electron chi connectivity index (χ2n) is 5.16. The summed E-state index contributed by atoms with van der Waals surface area (Å²) in [6, 6.07) is 15.9. The number of anilines is 1. The minimum Gasteiger partial charge on any atom is -0.326 e. The van der Waals surface area contributed by atoms with Gasteiger partial charge in [-0.2, -0.15) is 0 Å². The minimum absolute atomic E-state index is 0.0248. The fourth-order valence-electron chi connectivity index (χ4n) is 2.49. The number of benzene rings is 2. The number of nitro groups is 1. The summed E-state index contributed by atoms with van der Waals surface area (Å²) in [6.45, 7) is 0. The summed E-state index contributed by atoms with van der Waals surface area (Å²) in [5.74, 6) is 0.126. The number of nitro benzene ring substituents is 1. The first-order valence-corrected chi connectivity index (χ1v) is 6.75. The molecule has 0 aromatic heterocycles. The summed E-state index contributed by atoms with van der Waals surface area (Å²) in [7, 11) is 0. The molecule has 1 N–H and O–H groups in total. The van der Waals surface area contributed by atoms with Gasteiger partial charge in [0.05, 0.1) is 4.92 Å². The van der Waals surface area contributed by atoms with Crippen LogP contribution in [0.2, 0.25) is 0 Å². The molecular formula is C16H14N2O3. The normalized spacial score (nSPS) is 19.8. The Hall–Kier alpha value is -2.69. The van der Waals surface area contributed by atoms with Crippen LogP contribution in [-0.4, -0.2) is 10.8 Å². The predicted molar refractivity (Wildman–Crippen MR) is 79.0 cm³/mol. The monoisotopic (exact) mass is 282 g/mol. The molecule has 0 heterocycles. The molecule has 2 aromatic rings. The van der Waals surface area contributed by atoms with Crippen LogP contribution >= 0.6 is 0 Å². The highest BCUT2D eigenvalue weighted by Gasteiger charge is 2.43. The van der Waals surface area contributed by atoms with Gasteiger partial charge in [-0.15, -0.1) is 0 Å². The van der Waals surface area contributed by atoms with E-state index in [-0.39, 0.29) is 23.4 Å². The van der Waals surface area contributed by atoms with Crippen LogP contribution in [-0.2, 0) is 4.79 Å². The highest BCUT2D eigenvalue weighted by Crippen LogP contribution is 2.47. The van der Waals surface area contributed by atoms with E-state index in [0.29, 0.717) is 5.69 Å². The molecule has 1 aliphatic rings. The quantitative estimate of drug-likeness (QED) is 0.690. The first kappa shape index (κ1) is 13.3. The fourth-order valence-corrected chi connectivity index (χ4v) is 2.49. The Morgan fingerprint density at radius 2 is 1.90 bits per heavy atom. The maximum Gasteiger partial charge on any atom is 0.271 e. The van der Waals surface area contributed by atoms with Crippen molar-refractivity contribution in [3.05, 3.63) is 70.3 Å². The number of carbonyl (C=O) groups is 1. The maximum absolute atomic E-state index is 12.2. The molecule has 0 bridgehead atoms. The molecule has 2 atom stereocenters. The van der Waals surface area contributed by atoms with Crippen LogP contribution in [0, 0.1) is 16.0 Å². The van der Waals surface area contributed by atoms with E-state index in [0.717, 1.165) is 12.0 Å². The van der Waals surface area contributed by atoms with Crippen LogP contribution in [0.25, 0.3) is 0 Å². The Morgan fingerprint density at radius 3 is 2.62 bits per heavy atom. The van der Waals surface area contributed by atoms with Crippen LogP contribution < -0.4 is 5.32 Å². The zero-order valence-corrected chi connectivity index (χ0v) is 11.2. The lowest BCUT2D eigenvalue weighted by Crippen LogP contribution is -2.14. The molecule has 0 unspecified atom stereocenters. The van der Waals surface area contributed by atoms with E-state index in [1.54, 1.807) is 12.1 Å². The van der Waals surface area contributed by atoms with Gasteiger partial charge in [-0.3, -0.25) is 14.9 Å². The van der Waals surface area contributed by atoms with Gasteiger partial charge in [-0.05, 0) is 24.0 Å². The maximum atomic E-state index is 12.2. The van der Waals surface area contributed by atoms with E-state index in [2.05, 4.69) is 5.32 Å². The third-order valence-electron chi connectivity index (χ3n) is 3.68. The molecule has 0 saturated heterocycles. The summed E-state index contributed by atoms with van der Waals surface area (Å²) >= 11 is 0. The molecule has 0 spiro atoms. The third-order valence-corrected chi connectivity index (χ3v) is 3.68. The van der Waals surface area contributed by atoms with Crippen LogP contribution in [0.5, 0.6) is 0 Å². The van der Waals surface area contributed by atoms with Crippen LogP contribution in [0.1, 0.15) is 17.9 Å². The molecule has 3 rings (SSSR count). The third kappa shape index (κ3) is 2.91. The van der Waals surface area contributed by atoms with Crippen molar-refractivity contribution in [2.24, 2.45) is 5.92 Å². The van der Waals surface area contributed by atoms with Gasteiger partial charge >= 0.3 is 0 Å². The second-order valence-corrected chi connectivity index (χ2v) is 5.16. The molecular weight excluding hydrogens is 268 g/mol.